The Morgan fingerprint density at radius 2 is 2.10 bits per heavy atom. The number of benzene rings is 1. The van der Waals surface area contributed by atoms with Crippen LogP contribution in [0, 0.1) is 12.8 Å². The fourth-order valence-corrected chi connectivity index (χ4v) is 2.57. The molecule has 20 heavy (non-hydrogen) atoms. The molecule has 1 fully saturated rings. The van der Waals surface area contributed by atoms with Crippen LogP contribution >= 0.6 is 0 Å². The predicted octanol–water partition coefficient (Wildman–Crippen LogP) is 2.83. The summed E-state index contributed by atoms with van der Waals surface area (Å²) in [6, 6.07) is 5.41. The molecule has 3 rings (SSSR count). The summed E-state index contributed by atoms with van der Waals surface area (Å²) in [5, 5.41) is 2.90. The maximum Gasteiger partial charge on any atom is 0.227 e. The highest BCUT2D eigenvalue weighted by Crippen LogP contribution is 2.24. The Bertz CT molecular complexity index is 665. The molecule has 0 spiro atoms. The van der Waals surface area contributed by atoms with Gasteiger partial charge in [0.2, 0.25) is 5.91 Å². The first-order valence-electron chi connectivity index (χ1n) is 6.81. The molecule has 1 saturated carbocycles. The van der Waals surface area contributed by atoms with Gasteiger partial charge in [0.15, 0.2) is 11.5 Å². The number of ketones is 1. The number of hydrogen-bond donors (Lipinski definition) is 1. The third-order valence-corrected chi connectivity index (χ3v) is 3.68. The lowest BCUT2D eigenvalue weighted by Crippen LogP contribution is -2.27. The molecule has 5 heteroatoms. The number of carbonyl (C=O) groups excluding carboxylic acids is 2. The average molecular weight is 272 g/mol. The number of nitrogens with one attached hydrogen (secondary N) is 1. The number of aryl methyl sites for hydroxylation is 1. The van der Waals surface area contributed by atoms with E-state index in [0.29, 0.717) is 42.8 Å². The summed E-state index contributed by atoms with van der Waals surface area (Å²) >= 11 is 0. The van der Waals surface area contributed by atoms with Crippen molar-refractivity contribution < 1.29 is 14.0 Å². The van der Waals surface area contributed by atoms with Crippen molar-refractivity contribution in [2.75, 3.05) is 5.32 Å². The van der Waals surface area contributed by atoms with Crippen LogP contribution in [0.5, 0.6) is 0 Å². The third-order valence-electron chi connectivity index (χ3n) is 3.68. The second-order valence-corrected chi connectivity index (χ2v) is 5.22. The lowest BCUT2D eigenvalue weighted by atomic mass is 9.88. The smallest absolute Gasteiger partial charge is 0.227 e. The number of Topliss-reactive ketones (excluding diaryl/α,β-unsaturated/α-hetero) is 1. The summed E-state index contributed by atoms with van der Waals surface area (Å²) in [7, 11) is 0. The minimum Gasteiger partial charge on any atom is -0.441 e. The summed E-state index contributed by atoms with van der Waals surface area (Å²) < 4.78 is 5.39. The molecule has 0 radical (unpaired) electrons. The Kier molecular flexibility index (Phi) is 3.26. The van der Waals surface area contributed by atoms with Gasteiger partial charge in [0, 0.05) is 31.4 Å². The molecular formula is C15H16N2O3. The predicted molar refractivity (Wildman–Crippen MR) is 74.3 cm³/mol. The Morgan fingerprint density at radius 3 is 2.85 bits per heavy atom. The van der Waals surface area contributed by atoms with Crippen LogP contribution in [-0.4, -0.2) is 16.7 Å². The lowest BCUT2D eigenvalue weighted by molar-refractivity contribution is -0.125. The average Bonchev–Trinajstić information content (AvgIpc) is 2.78. The molecule has 0 atom stereocenters. The Balaban J connectivity index is 1.72. The number of hydrogen-bond acceptors (Lipinski definition) is 4. The first-order chi connectivity index (χ1) is 9.61. The van der Waals surface area contributed by atoms with Gasteiger partial charge in [-0.1, -0.05) is 0 Å². The van der Waals surface area contributed by atoms with E-state index in [1.165, 1.54) is 0 Å². The van der Waals surface area contributed by atoms with Gasteiger partial charge >= 0.3 is 0 Å². The van der Waals surface area contributed by atoms with Crippen molar-refractivity contribution in [1.82, 2.24) is 4.98 Å². The van der Waals surface area contributed by atoms with Crippen LogP contribution in [0.3, 0.4) is 0 Å². The van der Waals surface area contributed by atoms with Gasteiger partial charge in [0.25, 0.3) is 0 Å². The van der Waals surface area contributed by atoms with E-state index in [1.807, 2.05) is 0 Å². The van der Waals surface area contributed by atoms with Crippen molar-refractivity contribution in [2.24, 2.45) is 5.92 Å². The standard InChI is InChI=1S/C15H16N2O3/c1-9-16-13-8-11(4-7-14(13)20-9)17-15(19)10-2-5-12(18)6-3-10/h4,7-8,10H,2-3,5-6H2,1H3,(H,17,19). The minimum atomic E-state index is -0.0672. The summed E-state index contributed by atoms with van der Waals surface area (Å²) in [6.07, 6.45) is 2.32. The van der Waals surface area contributed by atoms with Crippen LogP contribution in [-0.2, 0) is 9.59 Å². The maximum atomic E-state index is 12.1. The summed E-state index contributed by atoms with van der Waals surface area (Å²) in [4.78, 5) is 27.6. The van der Waals surface area contributed by atoms with Gasteiger partial charge in [-0.2, -0.15) is 0 Å². The number of amides is 1. The fourth-order valence-electron chi connectivity index (χ4n) is 2.57. The zero-order valence-corrected chi connectivity index (χ0v) is 11.3. The number of aromatic nitrogens is 1. The minimum absolute atomic E-state index is 0.0166. The molecule has 1 aromatic carbocycles. The Labute approximate surface area is 116 Å². The quantitative estimate of drug-likeness (QED) is 0.912. The number of rotatable bonds is 2. The number of anilines is 1. The van der Waals surface area contributed by atoms with E-state index in [9.17, 15) is 9.59 Å². The highest BCUT2D eigenvalue weighted by molar-refractivity contribution is 5.95. The molecule has 0 bridgehead atoms. The molecule has 1 N–H and O–H groups in total. The Hall–Kier alpha value is -2.17. The van der Waals surface area contributed by atoms with Crippen molar-refractivity contribution in [3.05, 3.63) is 24.1 Å². The van der Waals surface area contributed by atoms with Gasteiger partial charge < -0.3 is 9.73 Å². The monoisotopic (exact) mass is 272 g/mol. The van der Waals surface area contributed by atoms with E-state index < -0.39 is 0 Å². The maximum absolute atomic E-state index is 12.1. The highest BCUT2D eigenvalue weighted by Gasteiger charge is 2.24. The van der Waals surface area contributed by atoms with Crippen LogP contribution in [0.4, 0.5) is 5.69 Å². The van der Waals surface area contributed by atoms with Crippen LogP contribution in [0.25, 0.3) is 11.1 Å². The van der Waals surface area contributed by atoms with Crippen LogP contribution in [0.15, 0.2) is 22.6 Å². The number of nitrogens with zero attached hydrogens (tertiary/aromatic N) is 1. The van der Waals surface area contributed by atoms with E-state index >= 15 is 0 Å². The summed E-state index contributed by atoms with van der Waals surface area (Å²) in [6.45, 7) is 1.79. The molecule has 5 nitrogen and oxygen atoms in total. The van der Waals surface area contributed by atoms with Crippen molar-refractivity contribution in [3.63, 3.8) is 0 Å². The van der Waals surface area contributed by atoms with Crippen molar-refractivity contribution in [3.8, 4) is 0 Å². The topological polar surface area (TPSA) is 72.2 Å². The van der Waals surface area contributed by atoms with E-state index in [2.05, 4.69) is 10.3 Å². The van der Waals surface area contributed by atoms with Gasteiger partial charge in [-0.3, -0.25) is 9.59 Å². The molecule has 0 unspecified atom stereocenters. The zero-order chi connectivity index (χ0) is 14.1. The first kappa shape index (κ1) is 12.8. The second-order valence-electron chi connectivity index (χ2n) is 5.22. The van der Waals surface area contributed by atoms with E-state index in [0.717, 1.165) is 5.52 Å². The molecule has 1 aliphatic carbocycles. The van der Waals surface area contributed by atoms with Gasteiger partial charge in [-0.25, -0.2) is 4.98 Å². The first-order valence-corrected chi connectivity index (χ1v) is 6.81. The van der Waals surface area contributed by atoms with Gasteiger partial charge in [0.05, 0.1) is 0 Å². The van der Waals surface area contributed by atoms with Crippen molar-refractivity contribution in [2.45, 2.75) is 32.6 Å². The zero-order valence-electron chi connectivity index (χ0n) is 11.3. The number of fused-ring (bicyclic) bond motifs is 1. The van der Waals surface area contributed by atoms with Crippen LogP contribution < -0.4 is 5.32 Å². The van der Waals surface area contributed by atoms with Crippen LogP contribution in [0.2, 0.25) is 0 Å². The highest BCUT2D eigenvalue weighted by atomic mass is 16.3. The van der Waals surface area contributed by atoms with Crippen molar-refractivity contribution >= 4 is 28.5 Å². The van der Waals surface area contributed by atoms with Gasteiger partial charge in [0.1, 0.15) is 11.3 Å². The van der Waals surface area contributed by atoms with Crippen molar-refractivity contribution in [1.29, 1.82) is 0 Å². The molecular weight excluding hydrogens is 256 g/mol. The summed E-state index contributed by atoms with van der Waals surface area (Å²) in [5.74, 6) is 0.780. The number of oxazole rings is 1. The molecule has 1 amide bonds. The number of carbonyl (C=O) groups is 2. The van der Waals surface area contributed by atoms with Crippen LogP contribution in [0.1, 0.15) is 31.6 Å². The molecule has 0 saturated heterocycles. The van der Waals surface area contributed by atoms with E-state index in [4.69, 9.17) is 4.42 Å². The largest absolute Gasteiger partial charge is 0.441 e. The lowest BCUT2D eigenvalue weighted by Gasteiger charge is -2.20. The van der Waals surface area contributed by atoms with Gasteiger partial charge in [-0.15, -0.1) is 0 Å². The second kappa shape index (κ2) is 5.07. The molecule has 0 aliphatic heterocycles. The molecule has 104 valence electrons. The fraction of sp³-hybridized carbons (Fsp3) is 0.400. The third kappa shape index (κ3) is 2.57. The SMILES string of the molecule is Cc1nc2cc(NC(=O)C3CCC(=O)CC3)ccc2o1. The molecule has 1 aromatic heterocycles. The van der Waals surface area contributed by atoms with E-state index in [-0.39, 0.29) is 17.6 Å². The summed E-state index contributed by atoms with van der Waals surface area (Å²) in [5.41, 5.74) is 2.16. The normalized spacial score (nSPS) is 16.6. The molecule has 2 aromatic rings. The van der Waals surface area contributed by atoms with Gasteiger partial charge in [-0.05, 0) is 31.0 Å². The molecule has 1 heterocycles. The molecule has 1 aliphatic rings. The Morgan fingerprint density at radius 1 is 1.35 bits per heavy atom. The van der Waals surface area contributed by atoms with E-state index in [1.54, 1.807) is 25.1 Å².